The molecule has 0 saturated carbocycles. The number of aromatic hydroxyl groups is 1. The zero-order valence-electron chi connectivity index (χ0n) is 20.0. The van der Waals surface area contributed by atoms with E-state index < -0.39 is 5.97 Å². The summed E-state index contributed by atoms with van der Waals surface area (Å²) >= 11 is 0. The van der Waals surface area contributed by atoms with Gasteiger partial charge in [-0.3, -0.25) is 0 Å². The summed E-state index contributed by atoms with van der Waals surface area (Å²) in [6.07, 6.45) is 5.25. The number of phenolic OH excluding ortho intramolecular Hbond substituents is 1. The molecular formula is C27H34O5. The second-order valence-corrected chi connectivity index (χ2v) is 9.57. The van der Waals surface area contributed by atoms with Crippen LogP contribution in [0.4, 0.5) is 0 Å². The Bertz CT molecular complexity index is 1020. The van der Waals surface area contributed by atoms with E-state index in [1.165, 1.54) is 17.2 Å². The van der Waals surface area contributed by atoms with Crippen LogP contribution in [0.3, 0.4) is 0 Å². The number of esters is 1. The normalized spacial score (nSPS) is 16.6. The quantitative estimate of drug-likeness (QED) is 0.328. The molecule has 1 N–H and O–H groups in total. The minimum Gasteiger partial charge on any atom is -0.507 e. The van der Waals surface area contributed by atoms with Crippen molar-refractivity contribution in [2.45, 2.75) is 58.3 Å². The summed E-state index contributed by atoms with van der Waals surface area (Å²) in [6.45, 7) is 11.3. The van der Waals surface area contributed by atoms with Crippen LogP contribution in [0.1, 0.15) is 64.2 Å². The van der Waals surface area contributed by atoms with E-state index in [1.54, 1.807) is 32.2 Å². The SMILES string of the molecule is CCOC(=O)/C=C/c1ccc(O)c(-c2cc3c(cc2OCOC)C(C)(C)CCC3(C)C)c1. The topological polar surface area (TPSA) is 65.0 Å². The first-order chi connectivity index (χ1) is 15.1. The number of phenols is 1. The molecule has 5 heteroatoms. The van der Waals surface area contributed by atoms with Gasteiger partial charge in [-0.15, -0.1) is 0 Å². The Morgan fingerprint density at radius 3 is 2.31 bits per heavy atom. The van der Waals surface area contributed by atoms with Crippen molar-refractivity contribution in [3.8, 4) is 22.6 Å². The van der Waals surface area contributed by atoms with E-state index in [1.807, 2.05) is 6.07 Å². The van der Waals surface area contributed by atoms with E-state index in [-0.39, 0.29) is 23.4 Å². The Hall–Kier alpha value is -2.79. The smallest absolute Gasteiger partial charge is 0.330 e. The Labute approximate surface area is 191 Å². The second-order valence-electron chi connectivity index (χ2n) is 9.57. The fourth-order valence-corrected chi connectivity index (χ4v) is 4.27. The van der Waals surface area contributed by atoms with Gasteiger partial charge in [-0.05, 0) is 77.6 Å². The lowest BCUT2D eigenvalue weighted by Crippen LogP contribution is -2.34. The molecule has 2 aromatic carbocycles. The molecule has 0 fully saturated rings. The van der Waals surface area contributed by atoms with E-state index >= 15 is 0 Å². The lowest BCUT2D eigenvalue weighted by Gasteiger charge is -2.42. The van der Waals surface area contributed by atoms with Gasteiger partial charge in [0.25, 0.3) is 0 Å². The maximum absolute atomic E-state index is 11.7. The molecule has 1 aliphatic rings. The van der Waals surface area contributed by atoms with Crippen molar-refractivity contribution in [1.82, 2.24) is 0 Å². The van der Waals surface area contributed by atoms with Crippen LogP contribution in [-0.2, 0) is 25.1 Å². The van der Waals surface area contributed by atoms with Crippen LogP contribution in [0.5, 0.6) is 11.5 Å². The molecule has 0 saturated heterocycles. The molecule has 0 atom stereocenters. The van der Waals surface area contributed by atoms with Crippen LogP contribution < -0.4 is 4.74 Å². The highest BCUT2D eigenvalue weighted by Crippen LogP contribution is 2.50. The number of methoxy groups -OCH3 is 1. The van der Waals surface area contributed by atoms with Gasteiger partial charge in [0.1, 0.15) is 11.5 Å². The number of ether oxygens (including phenoxy) is 3. The van der Waals surface area contributed by atoms with E-state index in [4.69, 9.17) is 14.2 Å². The fourth-order valence-electron chi connectivity index (χ4n) is 4.27. The lowest BCUT2D eigenvalue weighted by atomic mass is 9.62. The molecule has 0 heterocycles. The minimum atomic E-state index is -0.399. The molecule has 1 aliphatic carbocycles. The summed E-state index contributed by atoms with van der Waals surface area (Å²) in [4.78, 5) is 11.7. The monoisotopic (exact) mass is 438 g/mol. The fraction of sp³-hybridized carbons (Fsp3) is 0.444. The number of benzene rings is 2. The molecule has 0 aliphatic heterocycles. The standard InChI is InChI=1S/C27H34O5/c1-7-31-25(29)11-9-18-8-10-23(28)19(14-18)20-15-21-22(16-24(20)32-17-30-6)27(4,5)13-12-26(21,2)3/h8-11,14-16,28H,7,12-13,17H2,1-6H3/b11-9+. The highest BCUT2D eigenvalue weighted by molar-refractivity contribution is 5.88. The van der Waals surface area contributed by atoms with Crippen LogP contribution >= 0.6 is 0 Å². The van der Waals surface area contributed by atoms with Gasteiger partial charge >= 0.3 is 5.97 Å². The van der Waals surface area contributed by atoms with Gasteiger partial charge < -0.3 is 19.3 Å². The van der Waals surface area contributed by atoms with Gasteiger partial charge in [0.2, 0.25) is 0 Å². The molecule has 0 bridgehead atoms. The van der Waals surface area contributed by atoms with Crippen molar-refractivity contribution < 1.29 is 24.1 Å². The number of fused-ring (bicyclic) bond motifs is 1. The van der Waals surface area contributed by atoms with E-state index in [0.29, 0.717) is 17.9 Å². The average molecular weight is 439 g/mol. The van der Waals surface area contributed by atoms with Crippen molar-refractivity contribution in [3.05, 3.63) is 53.1 Å². The number of carbonyl (C=O) groups is 1. The molecular weight excluding hydrogens is 404 g/mol. The second kappa shape index (κ2) is 9.37. The number of hydrogen-bond acceptors (Lipinski definition) is 5. The molecule has 0 unspecified atom stereocenters. The Balaban J connectivity index is 2.16. The van der Waals surface area contributed by atoms with Crippen LogP contribution in [-0.4, -0.2) is 31.6 Å². The molecule has 0 aromatic heterocycles. The van der Waals surface area contributed by atoms with Crippen LogP contribution in [0.15, 0.2) is 36.4 Å². The van der Waals surface area contributed by atoms with Gasteiger partial charge in [-0.1, -0.05) is 33.8 Å². The molecule has 3 rings (SSSR count). The van der Waals surface area contributed by atoms with Crippen molar-refractivity contribution >= 4 is 12.0 Å². The predicted molar refractivity (Wildman–Crippen MR) is 127 cm³/mol. The summed E-state index contributed by atoms with van der Waals surface area (Å²) in [5, 5.41) is 10.7. The maximum atomic E-state index is 11.7. The van der Waals surface area contributed by atoms with Gasteiger partial charge in [-0.25, -0.2) is 4.79 Å². The largest absolute Gasteiger partial charge is 0.507 e. The summed E-state index contributed by atoms with van der Waals surface area (Å²) in [5.41, 5.74) is 4.79. The Morgan fingerprint density at radius 2 is 1.69 bits per heavy atom. The predicted octanol–water partition coefficient (Wildman–Crippen LogP) is 5.97. The van der Waals surface area contributed by atoms with Crippen LogP contribution in [0, 0.1) is 0 Å². The van der Waals surface area contributed by atoms with Gasteiger partial charge in [0, 0.05) is 24.3 Å². The third kappa shape index (κ3) is 4.99. The molecule has 0 radical (unpaired) electrons. The third-order valence-electron chi connectivity index (χ3n) is 6.29. The molecule has 172 valence electrons. The molecule has 32 heavy (non-hydrogen) atoms. The summed E-state index contributed by atoms with van der Waals surface area (Å²) in [6, 6.07) is 9.50. The van der Waals surface area contributed by atoms with E-state index in [2.05, 4.69) is 39.8 Å². The molecule has 0 amide bonds. The lowest BCUT2D eigenvalue weighted by molar-refractivity contribution is -0.137. The van der Waals surface area contributed by atoms with Gasteiger partial charge in [-0.2, -0.15) is 0 Å². The Morgan fingerprint density at radius 1 is 1.03 bits per heavy atom. The molecule has 0 spiro atoms. The number of rotatable bonds is 7. The first-order valence-corrected chi connectivity index (χ1v) is 11.1. The van der Waals surface area contributed by atoms with Crippen molar-refractivity contribution in [2.24, 2.45) is 0 Å². The van der Waals surface area contributed by atoms with Crippen molar-refractivity contribution in [3.63, 3.8) is 0 Å². The first-order valence-electron chi connectivity index (χ1n) is 11.1. The summed E-state index contributed by atoms with van der Waals surface area (Å²) in [7, 11) is 1.59. The van der Waals surface area contributed by atoms with Crippen LogP contribution in [0.2, 0.25) is 0 Å². The molecule has 2 aromatic rings. The minimum absolute atomic E-state index is 0.0103. The summed E-state index contributed by atoms with van der Waals surface area (Å²) in [5.74, 6) is 0.413. The summed E-state index contributed by atoms with van der Waals surface area (Å²) < 4.78 is 16.1. The highest BCUT2D eigenvalue weighted by atomic mass is 16.7. The van der Waals surface area contributed by atoms with Crippen molar-refractivity contribution in [2.75, 3.05) is 20.5 Å². The van der Waals surface area contributed by atoms with E-state index in [0.717, 1.165) is 24.0 Å². The number of hydrogen-bond donors (Lipinski definition) is 1. The Kier molecular flexibility index (Phi) is 6.99. The third-order valence-corrected chi connectivity index (χ3v) is 6.29. The zero-order valence-corrected chi connectivity index (χ0v) is 20.0. The molecule has 5 nitrogen and oxygen atoms in total. The highest BCUT2D eigenvalue weighted by Gasteiger charge is 2.38. The van der Waals surface area contributed by atoms with Crippen molar-refractivity contribution in [1.29, 1.82) is 0 Å². The number of carbonyl (C=O) groups excluding carboxylic acids is 1. The van der Waals surface area contributed by atoms with Gasteiger partial charge in [0.15, 0.2) is 6.79 Å². The first kappa shape index (κ1) is 23.9. The van der Waals surface area contributed by atoms with E-state index in [9.17, 15) is 9.90 Å². The van der Waals surface area contributed by atoms with Gasteiger partial charge in [0.05, 0.1) is 6.61 Å². The maximum Gasteiger partial charge on any atom is 0.330 e. The average Bonchev–Trinajstić information content (AvgIpc) is 2.75. The zero-order chi connectivity index (χ0) is 23.5. The van der Waals surface area contributed by atoms with Crippen LogP contribution in [0.25, 0.3) is 17.2 Å².